The molecule has 0 fully saturated rings. The van der Waals surface area contributed by atoms with Gasteiger partial charge in [0.2, 0.25) is 0 Å². The Hall–Kier alpha value is -2.04. The lowest BCUT2D eigenvalue weighted by Gasteiger charge is -2.26. The van der Waals surface area contributed by atoms with Gasteiger partial charge in [-0.3, -0.25) is 9.79 Å². The monoisotopic (exact) mass is 274 g/mol. The summed E-state index contributed by atoms with van der Waals surface area (Å²) in [7, 11) is 0. The number of fused-ring (bicyclic) bond motifs is 1. The minimum Gasteiger partial charge on any atom is -0.370 e. The standard InChI is InChI=1S/C15H22N4O/c1-10(2)9-19-13(7-8-18-15(16)17)11-5-3-4-6-12(11)14(19)20/h3-6,10,13H,7-9H2,1-2H3,(H4,16,17,18). The van der Waals surface area contributed by atoms with Crippen LogP contribution in [-0.2, 0) is 0 Å². The first-order chi connectivity index (χ1) is 9.50. The third-order valence-corrected chi connectivity index (χ3v) is 3.45. The number of guanidine groups is 1. The van der Waals surface area contributed by atoms with Crippen molar-refractivity contribution in [1.82, 2.24) is 4.90 Å². The van der Waals surface area contributed by atoms with Gasteiger partial charge in [0, 0.05) is 18.7 Å². The molecular weight excluding hydrogens is 252 g/mol. The van der Waals surface area contributed by atoms with Gasteiger partial charge in [0.1, 0.15) is 0 Å². The molecule has 1 aromatic rings. The number of amides is 1. The molecule has 1 heterocycles. The van der Waals surface area contributed by atoms with E-state index in [1.807, 2.05) is 29.2 Å². The maximum Gasteiger partial charge on any atom is 0.254 e. The number of hydrogen-bond donors (Lipinski definition) is 2. The fourth-order valence-electron chi connectivity index (χ4n) is 2.68. The fourth-order valence-corrected chi connectivity index (χ4v) is 2.68. The van der Waals surface area contributed by atoms with Crippen LogP contribution in [0, 0.1) is 5.92 Å². The van der Waals surface area contributed by atoms with Gasteiger partial charge in [0.05, 0.1) is 6.04 Å². The van der Waals surface area contributed by atoms with Crippen LogP contribution in [0.25, 0.3) is 0 Å². The molecule has 108 valence electrons. The van der Waals surface area contributed by atoms with Gasteiger partial charge in [-0.15, -0.1) is 0 Å². The second-order valence-corrected chi connectivity index (χ2v) is 5.55. The van der Waals surface area contributed by atoms with E-state index in [0.717, 1.165) is 24.1 Å². The lowest BCUT2D eigenvalue weighted by molar-refractivity contribution is 0.0695. The summed E-state index contributed by atoms with van der Waals surface area (Å²) in [5, 5.41) is 0. The highest BCUT2D eigenvalue weighted by Gasteiger charge is 2.35. The van der Waals surface area contributed by atoms with E-state index in [1.54, 1.807) is 0 Å². The molecule has 0 radical (unpaired) electrons. The van der Waals surface area contributed by atoms with Gasteiger partial charge in [-0.05, 0) is 24.0 Å². The molecule has 20 heavy (non-hydrogen) atoms. The van der Waals surface area contributed by atoms with Crippen molar-refractivity contribution in [2.24, 2.45) is 22.4 Å². The molecule has 0 aromatic heterocycles. The van der Waals surface area contributed by atoms with Crippen LogP contribution in [0.2, 0.25) is 0 Å². The van der Waals surface area contributed by atoms with Crippen LogP contribution in [0.4, 0.5) is 0 Å². The molecule has 5 nitrogen and oxygen atoms in total. The molecule has 0 bridgehead atoms. The molecular formula is C15H22N4O. The van der Waals surface area contributed by atoms with Crippen molar-refractivity contribution >= 4 is 11.9 Å². The average Bonchev–Trinajstić information content (AvgIpc) is 2.64. The highest BCUT2D eigenvalue weighted by atomic mass is 16.2. The Labute approximate surface area is 119 Å². The summed E-state index contributed by atoms with van der Waals surface area (Å²) in [6.45, 7) is 5.51. The van der Waals surface area contributed by atoms with Crippen molar-refractivity contribution in [1.29, 1.82) is 0 Å². The Kier molecular flexibility index (Phi) is 4.27. The molecule has 1 amide bonds. The quantitative estimate of drug-likeness (QED) is 0.630. The zero-order valence-electron chi connectivity index (χ0n) is 12.0. The predicted molar refractivity (Wildman–Crippen MR) is 80.4 cm³/mol. The summed E-state index contributed by atoms with van der Waals surface area (Å²) in [5.41, 5.74) is 12.6. The summed E-state index contributed by atoms with van der Waals surface area (Å²) >= 11 is 0. The minimum atomic E-state index is 0.0733. The van der Waals surface area contributed by atoms with E-state index < -0.39 is 0 Å². The molecule has 0 saturated heterocycles. The molecule has 0 saturated carbocycles. The Morgan fingerprint density at radius 3 is 2.70 bits per heavy atom. The number of carbonyl (C=O) groups is 1. The summed E-state index contributed by atoms with van der Waals surface area (Å²) < 4.78 is 0. The number of nitrogens with two attached hydrogens (primary N) is 2. The van der Waals surface area contributed by atoms with Crippen molar-refractivity contribution in [3.05, 3.63) is 35.4 Å². The van der Waals surface area contributed by atoms with Crippen LogP contribution in [-0.4, -0.2) is 29.9 Å². The van der Waals surface area contributed by atoms with Crippen molar-refractivity contribution in [3.63, 3.8) is 0 Å². The zero-order valence-corrected chi connectivity index (χ0v) is 12.0. The molecule has 1 aromatic carbocycles. The maximum absolute atomic E-state index is 12.5. The predicted octanol–water partition coefficient (Wildman–Crippen LogP) is 1.50. The van der Waals surface area contributed by atoms with Crippen LogP contribution >= 0.6 is 0 Å². The minimum absolute atomic E-state index is 0.0733. The lowest BCUT2D eigenvalue weighted by atomic mass is 10.0. The van der Waals surface area contributed by atoms with Crippen LogP contribution in [0.15, 0.2) is 29.3 Å². The smallest absolute Gasteiger partial charge is 0.254 e. The molecule has 1 aliphatic rings. The van der Waals surface area contributed by atoms with Crippen molar-refractivity contribution in [2.45, 2.75) is 26.3 Å². The van der Waals surface area contributed by atoms with Gasteiger partial charge in [0.15, 0.2) is 5.96 Å². The highest BCUT2D eigenvalue weighted by Crippen LogP contribution is 2.36. The zero-order chi connectivity index (χ0) is 14.7. The van der Waals surface area contributed by atoms with E-state index in [-0.39, 0.29) is 17.9 Å². The maximum atomic E-state index is 12.5. The number of aliphatic imine (C=N–C) groups is 1. The number of benzene rings is 1. The molecule has 0 spiro atoms. The topological polar surface area (TPSA) is 84.7 Å². The molecule has 1 aliphatic heterocycles. The van der Waals surface area contributed by atoms with Gasteiger partial charge >= 0.3 is 0 Å². The third kappa shape index (κ3) is 2.92. The Balaban J connectivity index is 2.23. The van der Waals surface area contributed by atoms with E-state index in [0.29, 0.717) is 12.5 Å². The van der Waals surface area contributed by atoms with Crippen LogP contribution in [0.3, 0.4) is 0 Å². The first-order valence-electron chi connectivity index (χ1n) is 6.96. The summed E-state index contributed by atoms with van der Waals surface area (Å²) in [6.07, 6.45) is 0.743. The van der Waals surface area contributed by atoms with E-state index in [4.69, 9.17) is 11.5 Å². The highest BCUT2D eigenvalue weighted by molar-refractivity contribution is 5.99. The number of nitrogens with zero attached hydrogens (tertiary/aromatic N) is 2. The molecule has 0 aliphatic carbocycles. The summed E-state index contributed by atoms with van der Waals surface area (Å²) in [5.74, 6) is 0.640. The van der Waals surface area contributed by atoms with E-state index in [1.165, 1.54) is 0 Å². The fraction of sp³-hybridized carbons (Fsp3) is 0.467. The molecule has 1 unspecified atom stereocenters. The van der Waals surface area contributed by atoms with Gasteiger partial charge in [-0.2, -0.15) is 0 Å². The number of hydrogen-bond acceptors (Lipinski definition) is 2. The Bertz CT molecular complexity index is 520. The van der Waals surface area contributed by atoms with Crippen LogP contribution in [0.5, 0.6) is 0 Å². The largest absolute Gasteiger partial charge is 0.370 e. The molecule has 4 N–H and O–H groups in total. The van der Waals surface area contributed by atoms with Crippen LogP contribution < -0.4 is 11.5 Å². The van der Waals surface area contributed by atoms with E-state index in [2.05, 4.69) is 18.8 Å². The van der Waals surface area contributed by atoms with E-state index >= 15 is 0 Å². The van der Waals surface area contributed by atoms with E-state index in [9.17, 15) is 4.79 Å². The first kappa shape index (κ1) is 14.4. The number of rotatable bonds is 5. The second kappa shape index (κ2) is 5.94. The lowest BCUT2D eigenvalue weighted by Crippen LogP contribution is -2.32. The van der Waals surface area contributed by atoms with Gasteiger partial charge < -0.3 is 16.4 Å². The number of carbonyl (C=O) groups excluding carboxylic acids is 1. The Morgan fingerprint density at radius 2 is 2.05 bits per heavy atom. The second-order valence-electron chi connectivity index (χ2n) is 5.55. The van der Waals surface area contributed by atoms with Gasteiger partial charge in [-0.25, -0.2) is 0 Å². The Morgan fingerprint density at radius 1 is 1.35 bits per heavy atom. The van der Waals surface area contributed by atoms with Crippen molar-refractivity contribution in [3.8, 4) is 0 Å². The van der Waals surface area contributed by atoms with Crippen molar-refractivity contribution < 1.29 is 4.79 Å². The van der Waals surface area contributed by atoms with Gasteiger partial charge in [-0.1, -0.05) is 32.0 Å². The summed E-state index contributed by atoms with van der Waals surface area (Å²) in [6, 6.07) is 7.87. The van der Waals surface area contributed by atoms with Gasteiger partial charge in [0.25, 0.3) is 5.91 Å². The van der Waals surface area contributed by atoms with Crippen molar-refractivity contribution in [2.75, 3.05) is 13.1 Å². The molecule has 1 atom stereocenters. The molecule has 2 rings (SSSR count). The molecule has 5 heteroatoms. The SMILES string of the molecule is CC(C)CN1C(=O)c2ccccc2C1CCN=C(N)N. The van der Waals surface area contributed by atoms with Crippen LogP contribution in [0.1, 0.15) is 42.2 Å². The normalized spacial score (nSPS) is 17.4. The first-order valence-corrected chi connectivity index (χ1v) is 6.96. The third-order valence-electron chi connectivity index (χ3n) is 3.45. The average molecular weight is 274 g/mol. The summed E-state index contributed by atoms with van der Waals surface area (Å²) in [4.78, 5) is 18.5.